The van der Waals surface area contributed by atoms with Gasteiger partial charge in [0.2, 0.25) is 0 Å². The minimum Gasteiger partial charge on any atom is -0.493 e. The molecule has 37 heavy (non-hydrogen) atoms. The Hall–Kier alpha value is -2.55. The Bertz CT molecular complexity index is 1050. The van der Waals surface area contributed by atoms with Crippen LogP contribution in [0.4, 0.5) is 5.69 Å². The molecule has 0 bridgehead atoms. The Morgan fingerprint density at radius 2 is 1.76 bits per heavy atom. The van der Waals surface area contributed by atoms with E-state index in [0.717, 1.165) is 17.3 Å². The second-order valence-electron chi connectivity index (χ2n) is 11.7. The molecule has 3 rings (SSSR count). The summed E-state index contributed by atoms with van der Waals surface area (Å²) in [5.74, 6) is 1.76. The van der Waals surface area contributed by atoms with Gasteiger partial charge in [-0.2, -0.15) is 0 Å². The quantitative estimate of drug-likeness (QED) is 0.178. The average molecular weight is 530 g/mol. The van der Waals surface area contributed by atoms with Crippen LogP contribution in [-0.4, -0.2) is 58.8 Å². The Labute approximate surface area is 223 Å². The highest BCUT2D eigenvalue weighted by Crippen LogP contribution is 2.37. The molecule has 0 N–H and O–H groups in total. The lowest BCUT2D eigenvalue weighted by molar-refractivity contribution is -0.137. The summed E-state index contributed by atoms with van der Waals surface area (Å²) in [7, 11) is 0.473. The van der Waals surface area contributed by atoms with E-state index in [0.29, 0.717) is 43.4 Å². The molecule has 1 aliphatic heterocycles. The number of anilines is 1. The molecule has 0 aliphatic carbocycles. The van der Waals surface area contributed by atoms with Crippen LogP contribution in [0.2, 0.25) is 25.7 Å². The van der Waals surface area contributed by atoms with E-state index in [1.165, 1.54) is 0 Å². The van der Waals surface area contributed by atoms with E-state index in [1.54, 1.807) is 12.0 Å². The lowest BCUT2D eigenvalue weighted by atomic mass is 10.1. The maximum Gasteiger partial charge on any atom is 0.270 e. The molecule has 1 atom stereocenters. The van der Waals surface area contributed by atoms with Gasteiger partial charge in [0.25, 0.3) is 5.91 Å². The van der Waals surface area contributed by atoms with E-state index in [2.05, 4.69) is 19.6 Å². The Morgan fingerprint density at radius 1 is 1.05 bits per heavy atom. The smallest absolute Gasteiger partial charge is 0.270 e. The summed E-state index contributed by atoms with van der Waals surface area (Å²) in [4.78, 5) is 15.1. The molecule has 204 valence electrons. The Morgan fingerprint density at radius 3 is 2.41 bits per heavy atom. The van der Waals surface area contributed by atoms with Gasteiger partial charge in [0, 0.05) is 39.4 Å². The fourth-order valence-corrected chi connectivity index (χ4v) is 4.66. The standard InChI is InChI=1S/C29H43NO6Si/c1-22-9-12-24(13-10-22)36-29(4)15-16-30(27(29)31)23-11-14-25(26(19-23)32-5)34-20-28(2,3)35-21-33-17-18-37(6,7)8/h9-14,19H,15-18,20-21H2,1-8H3. The highest BCUT2D eigenvalue weighted by molar-refractivity contribution is 6.76. The molecule has 1 unspecified atom stereocenters. The van der Waals surface area contributed by atoms with Crippen molar-refractivity contribution in [2.45, 2.75) is 71.0 Å². The largest absolute Gasteiger partial charge is 0.493 e. The summed E-state index contributed by atoms with van der Waals surface area (Å²) in [6.45, 7) is 16.6. The van der Waals surface area contributed by atoms with Crippen LogP contribution in [0.1, 0.15) is 32.8 Å². The third-order valence-electron chi connectivity index (χ3n) is 6.44. The molecule has 1 amide bonds. The molecule has 8 heteroatoms. The summed E-state index contributed by atoms with van der Waals surface area (Å²) < 4.78 is 29.3. The first kappa shape index (κ1) is 29.0. The fraction of sp³-hybridized carbons (Fsp3) is 0.552. The first-order chi connectivity index (χ1) is 17.3. The van der Waals surface area contributed by atoms with Crippen LogP contribution >= 0.6 is 0 Å². The molecule has 2 aromatic rings. The van der Waals surface area contributed by atoms with E-state index in [1.807, 2.05) is 70.2 Å². The summed E-state index contributed by atoms with van der Waals surface area (Å²) in [5, 5.41) is 0. The van der Waals surface area contributed by atoms with Crippen LogP contribution in [0.25, 0.3) is 0 Å². The highest BCUT2D eigenvalue weighted by Gasteiger charge is 2.45. The van der Waals surface area contributed by atoms with Crippen LogP contribution in [0, 0.1) is 6.92 Å². The number of ether oxygens (including phenoxy) is 5. The molecule has 1 heterocycles. The van der Waals surface area contributed by atoms with Crippen molar-refractivity contribution in [3.8, 4) is 17.2 Å². The van der Waals surface area contributed by atoms with Gasteiger partial charge in [-0.15, -0.1) is 0 Å². The maximum absolute atomic E-state index is 13.3. The van der Waals surface area contributed by atoms with Gasteiger partial charge < -0.3 is 28.6 Å². The Balaban J connectivity index is 1.58. The SMILES string of the molecule is COc1cc(N2CCC(C)(Oc3ccc(C)cc3)C2=O)ccc1OCC(C)(C)OCOCC[Si](C)(C)C. The first-order valence-corrected chi connectivity index (χ1v) is 16.6. The van der Waals surface area contributed by atoms with Gasteiger partial charge in [0.15, 0.2) is 17.1 Å². The second kappa shape index (κ2) is 11.9. The average Bonchev–Trinajstić information content (AvgIpc) is 3.12. The van der Waals surface area contributed by atoms with Gasteiger partial charge >= 0.3 is 0 Å². The molecule has 1 aliphatic rings. The van der Waals surface area contributed by atoms with Gasteiger partial charge in [0.05, 0.1) is 12.7 Å². The molecular weight excluding hydrogens is 486 g/mol. The third kappa shape index (κ3) is 8.22. The molecule has 0 spiro atoms. The molecule has 2 aromatic carbocycles. The molecule has 0 saturated carbocycles. The number of nitrogens with zero attached hydrogens (tertiary/aromatic N) is 1. The van der Waals surface area contributed by atoms with E-state index in [9.17, 15) is 4.79 Å². The number of carbonyl (C=O) groups is 1. The summed E-state index contributed by atoms with van der Waals surface area (Å²) in [6.07, 6.45) is 0.589. The monoisotopic (exact) mass is 529 g/mol. The van der Waals surface area contributed by atoms with Gasteiger partial charge in [-0.1, -0.05) is 37.3 Å². The number of aryl methyl sites for hydroxylation is 1. The minimum absolute atomic E-state index is 0.0764. The van der Waals surface area contributed by atoms with Crippen LogP contribution in [-0.2, 0) is 14.3 Å². The molecule has 7 nitrogen and oxygen atoms in total. The van der Waals surface area contributed by atoms with Crippen LogP contribution in [0.3, 0.4) is 0 Å². The van der Waals surface area contributed by atoms with Crippen LogP contribution in [0.5, 0.6) is 17.2 Å². The van der Waals surface area contributed by atoms with Crippen LogP contribution in [0.15, 0.2) is 42.5 Å². The zero-order valence-electron chi connectivity index (χ0n) is 23.7. The number of rotatable bonds is 13. The topological polar surface area (TPSA) is 66.5 Å². The summed E-state index contributed by atoms with van der Waals surface area (Å²) >= 11 is 0. The molecule has 0 radical (unpaired) electrons. The summed E-state index contributed by atoms with van der Waals surface area (Å²) in [6, 6.07) is 14.4. The van der Waals surface area contributed by atoms with Gasteiger partial charge in [-0.25, -0.2) is 0 Å². The van der Waals surface area contributed by atoms with Crippen molar-refractivity contribution < 1.29 is 28.5 Å². The predicted octanol–water partition coefficient (Wildman–Crippen LogP) is 6.06. The van der Waals surface area contributed by atoms with Crippen molar-refractivity contribution in [3.05, 3.63) is 48.0 Å². The highest BCUT2D eigenvalue weighted by atomic mass is 28.3. The van der Waals surface area contributed by atoms with Crippen molar-refractivity contribution in [1.29, 1.82) is 0 Å². The van der Waals surface area contributed by atoms with Crippen molar-refractivity contribution in [2.75, 3.05) is 38.6 Å². The zero-order chi connectivity index (χ0) is 27.3. The Kier molecular flexibility index (Phi) is 9.31. The fourth-order valence-electron chi connectivity index (χ4n) is 3.90. The number of amides is 1. The lowest BCUT2D eigenvalue weighted by Crippen LogP contribution is -2.42. The van der Waals surface area contributed by atoms with Gasteiger partial charge in [-0.05, 0) is 58.0 Å². The number of hydrogen-bond donors (Lipinski definition) is 0. The zero-order valence-corrected chi connectivity index (χ0v) is 24.7. The lowest BCUT2D eigenvalue weighted by Gasteiger charge is -2.27. The molecule has 0 aromatic heterocycles. The van der Waals surface area contributed by atoms with E-state index >= 15 is 0 Å². The number of methoxy groups -OCH3 is 1. The van der Waals surface area contributed by atoms with Gasteiger partial charge in [-0.3, -0.25) is 4.79 Å². The van der Waals surface area contributed by atoms with Crippen LogP contribution < -0.4 is 19.1 Å². The third-order valence-corrected chi connectivity index (χ3v) is 8.14. The van der Waals surface area contributed by atoms with E-state index in [-0.39, 0.29) is 12.7 Å². The molecule has 1 fully saturated rings. The van der Waals surface area contributed by atoms with Crippen molar-refractivity contribution in [3.63, 3.8) is 0 Å². The van der Waals surface area contributed by atoms with Crippen molar-refractivity contribution >= 4 is 19.7 Å². The predicted molar refractivity (Wildman–Crippen MR) is 150 cm³/mol. The molecule has 1 saturated heterocycles. The number of benzene rings is 2. The number of carbonyl (C=O) groups excluding carboxylic acids is 1. The van der Waals surface area contributed by atoms with E-state index < -0.39 is 19.3 Å². The summed E-state index contributed by atoms with van der Waals surface area (Å²) in [5.41, 5.74) is 0.433. The van der Waals surface area contributed by atoms with Crippen molar-refractivity contribution in [2.24, 2.45) is 0 Å². The van der Waals surface area contributed by atoms with Gasteiger partial charge in [0.1, 0.15) is 19.1 Å². The van der Waals surface area contributed by atoms with E-state index in [4.69, 9.17) is 23.7 Å². The minimum atomic E-state index is -1.12. The van der Waals surface area contributed by atoms with Crippen molar-refractivity contribution in [1.82, 2.24) is 0 Å². The maximum atomic E-state index is 13.3. The second-order valence-corrected chi connectivity index (χ2v) is 17.3. The molecular formula is C29H43NO6Si. The normalized spacial score (nSPS) is 18.3. The number of hydrogen-bond acceptors (Lipinski definition) is 6. The first-order valence-electron chi connectivity index (χ1n) is 12.9.